The molecule has 0 saturated heterocycles. The van der Waals surface area contributed by atoms with Crippen molar-refractivity contribution in [3.63, 3.8) is 0 Å². The summed E-state index contributed by atoms with van der Waals surface area (Å²) in [6.07, 6.45) is 0. The Bertz CT molecular complexity index is 729. The van der Waals surface area contributed by atoms with Gasteiger partial charge in [-0.25, -0.2) is 0 Å². The number of benzene rings is 3. The molecule has 21 heavy (non-hydrogen) atoms. The maximum Gasteiger partial charge on any atom is 0.135 e. The molecule has 0 saturated carbocycles. The summed E-state index contributed by atoms with van der Waals surface area (Å²) < 4.78 is 6.04. The molecule has 0 aromatic heterocycles. The first-order valence-electron chi connectivity index (χ1n) is 7.21. The molecule has 0 aliphatic carbocycles. The largest absolute Gasteiger partial charge is 0.457 e. The van der Waals surface area contributed by atoms with Crippen molar-refractivity contribution in [2.24, 2.45) is 0 Å². The normalized spacial score (nSPS) is 12.3. The lowest BCUT2D eigenvalue weighted by molar-refractivity contribution is 0.487. The molecule has 1 N–H and O–H groups in total. The van der Waals surface area contributed by atoms with E-state index in [2.05, 4.69) is 42.6 Å². The van der Waals surface area contributed by atoms with Crippen LogP contribution in [0.1, 0.15) is 18.5 Å². The molecule has 1 atom stereocenters. The van der Waals surface area contributed by atoms with Gasteiger partial charge in [-0.15, -0.1) is 0 Å². The van der Waals surface area contributed by atoms with Crippen molar-refractivity contribution in [1.29, 1.82) is 0 Å². The van der Waals surface area contributed by atoms with E-state index in [9.17, 15) is 0 Å². The topological polar surface area (TPSA) is 21.3 Å². The standard InChI is InChI=1S/C19H19NO/c1-14(20-2)15-10-12-17(13-11-15)21-19-9-5-7-16-6-3-4-8-18(16)19/h3-14,20H,1-2H3. The number of ether oxygens (including phenoxy) is 1. The second-order valence-electron chi connectivity index (χ2n) is 5.16. The van der Waals surface area contributed by atoms with Crippen molar-refractivity contribution in [1.82, 2.24) is 5.32 Å². The zero-order valence-corrected chi connectivity index (χ0v) is 12.3. The zero-order chi connectivity index (χ0) is 14.7. The van der Waals surface area contributed by atoms with Gasteiger partial charge in [-0.1, -0.05) is 48.5 Å². The molecular formula is C19H19NO. The van der Waals surface area contributed by atoms with E-state index in [-0.39, 0.29) is 0 Å². The SMILES string of the molecule is CNC(C)c1ccc(Oc2cccc3ccccc23)cc1. The van der Waals surface area contributed by atoms with Crippen molar-refractivity contribution < 1.29 is 4.74 Å². The first-order valence-corrected chi connectivity index (χ1v) is 7.21. The van der Waals surface area contributed by atoms with Crippen LogP contribution in [-0.4, -0.2) is 7.05 Å². The molecule has 2 nitrogen and oxygen atoms in total. The highest BCUT2D eigenvalue weighted by molar-refractivity contribution is 5.88. The third-order valence-electron chi connectivity index (χ3n) is 3.79. The van der Waals surface area contributed by atoms with Gasteiger partial charge in [0, 0.05) is 11.4 Å². The van der Waals surface area contributed by atoms with Gasteiger partial charge in [0.2, 0.25) is 0 Å². The van der Waals surface area contributed by atoms with E-state index in [0.29, 0.717) is 6.04 Å². The average molecular weight is 277 g/mol. The Kier molecular flexibility index (Phi) is 3.89. The minimum absolute atomic E-state index is 0.344. The summed E-state index contributed by atoms with van der Waals surface area (Å²) >= 11 is 0. The lowest BCUT2D eigenvalue weighted by Gasteiger charge is -2.12. The van der Waals surface area contributed by atoms with Gasteiger partial charge in [-0.2, -0.15) is 0 Å². The predicted molar refractivity (Wildman–Crippen MR) is 87.9 cm³/mol. The number of rotatable bonds is 4. The molecule has 3 aromatic carbocycles. The Morgan fingerprint density at radius 1 is 0.857 bits per heavy atom. The molecule has 2 heteroatoms. The zero-order valence-electron chi connectivity index (χ0n) is 12.3. The Morgan fingerprint density at radius 2 is 1.57 bits per heavy atom. The van der Waals surface area contributed by atoms with Gasteiger partial charge in [-0.05, 0) is 43.1 Å². The first kappa shape index (κ1) is 13.7. The molecule has 0 aliphatic rings. The Labute approximate surface area is 125 Å². The molecule has 0 heterocycles. The first-order chi connectivity index (χ1) is 10.3. The quantitative estimate of drug-likeness (QED) is 0.731. The van der Waals surface area contributed by atoms with Gasteiger partial charge in [0.15, 0.2) is 0 Å². The highest BCUT2D eigenvalue weighted by Crippen LogP contribution is 2.30. The highest BCUT2D eigenvalue weighted by atomic mass is 16.5. The van der Waals surface area contributed by atoms with Crippen LogP contribution in [0.4, 0.5) is 0 Å². The summed E-state index contributed by atoms with van der Waals surface area (Å²) in [6, 6.07) is 23.0. The van der Waals surface area contributed by atoms with Crippen molar-refractivity contribution in [2.45, 2.75) is 13.0 Å². The van der Waals surface area contributed by atoms with Gasteiger partial charge in [0.1, 0.15) is 11.5 Å². The summed E-state index contributed by atoms with van der Waals surface area (Å²) in [5.41, 5.74) is 1.25. The van der Waals surface area contributed by atoms with Crippen LogP contribution in [0, 0.1) is 0 Å². The fraction of sp³-hybridized carbons (Fsp3) is 0.158. The van der Waals surface area contributed by atoms with E-state index in [1.54, 1.807) is 0 Å². The van der Waals surface area contributed by atoms with Crippen molar-refractivity contribution in [3.05, 3.63) is 72.3 Å². The number of fused-ring (bicyclic) bond motifs is 1. The van der Waals surface area contributed by atoms with E-state index in [1.165, 1.54) is 10.9 Å². The van der Waals surface area contributed by atoms with E-state index in [0.717, 1.165) is 16.9 Å². The van der Waals surface area contributed by atoms with Crippen molar-refractivity contribution in [3.8, 4) is 11.5 Å². The number of hydrogen-bond donors (Lipinski definition) is 1. The van der Waals surface area contributed by atoms with E-state index < -0.39 is 0 Å². The predicted octanol–water partition coefficient (Wildman–Crippen LogP) is 4.91. The second-order valence-corrected chi connectivity index (χ2v) is 5.16. The Morgan fingerprint density at radius 3 is 2.33 bits per heavy atom. The fourth-order valence-corrected chi connectivity index (χ4v) is 2.40. The van der Waals surface area contributed by atoms with Crippen LogP contribution >= 0.6 is 0 Å². The van der Waals surface area contributed by atoms with Gasteiger partial charge in [-0.3, -0.25) is 0 Å². The van der Waals surface area contributed by atoms with Crippen LogP contribution < -0.4 is 10.1 Å². The van der Waals surface area contributed by atoms with Crippen LogP contribution in [0.15, 0.2) is 66.7 Å². The van der Waals surface area contributed by atoms with Crippen LogP contribution in [0.3, 0.4) is 0 Å². The van der Waals surface area contributed by atoms with E-state index in [1.807, 2.05) is 43.4 Å². The third-order valence-corrected chi connectivity index (χ3v) is 3.79. The minimum Gasteiger partial charge on any atom is -0.457 e. The maximum atomic E-state index is 6.04. The smallest absolute Gasteiger partial charge is 0.135 e. The van der Waals surface area contributed by atoms with Gasteiger partial charge < -0.3 is 10.1 Å². The van der Waals surface area contributed by atoms with Gasteiger partial charge in [0.25, 0.3) is 0 Å². The highest BCUT2D eigenvalue weighted by Gasteiger charge is 2.05. The summed E-state index contributed by atoms with van der Waals surface area (Å²) in [5.74, 6) is 1.75. The van der Waals surface area contributed by atoms with Crippen LogP contribution in [0.5, 0.6) is 11.5 Å². The minimum atomic E-state index is 0.344. The van der Waals surface area contributed by atoms with Gasteiger partial charge in [0.05, 0.1) is 0 Å². The van der Waals surface area contributed by atoms with E-state index in [4.69, 9.17) is 4.74 Å². The van der Waals surface area contributed by atoms with Crippen molar-refractivity contribution in [2.75, 3.05) is 7.05 Å². The second kappa shape index (κ2) is 5.98. The molecule has 0 amide bonds. The molecule has 0 fully saturated rings. The summed E-state index contributed by atoms with van der Waals surface area (Å²) in [7, 11) is 1.96. The molecule has 106 valence electrons. The summed E-state index contributed by atoms with van der Waals surface area (Å²) in [6.45, 7) is 2.14. The molecule has 0 radical (unpaired) electrons. The lowest BCUT2D eigenvalue weighted by Crippen LogP contribution is -2.11. The van der Waals surface area contributed by atoms with E-state index >= 15 is 0 Å². The fourth-order valence-electron chi connectivity index (χ4n) is 2.40. The monoisotopic (exact) mass is 277 g/mol. The van der Waals surface area contributed by atoms with Crippen molar-refractivity contribution >= 4 is 10.8 Å². The number of hydrogen-bond acceptors (Lipinski definition) is 2. The molecule has 0 aliphatic heterocycles. The van der Waals surface area contributed by atoms with Crippen LogP contribution in [0.2, 0.25) is 0 Å². The maximum absolute atomic E-state index is 6.04. The molecule has 1 unspecified atom stereocenters. The van der Waals surface area contributed by atoms with Crippen LogP contribution in [-0.2, 0) is 0 Å². The lowest BCUT2D eigenvalue weighted by atomic mass is 10.1. The Hall–Kier alpha value is -2.32. The number of nitrogens with one attached hydrogen (secondary N) is 1. The Balaban J connectivity index is 1.88. The molecule has 3 aromatic rings. The summed E-state index contributed by atoms with van der Waals surface area (Å²) in [5, 5.41) is 5.56. The third kappa shape index (κ3) is 2.91. The molecule has 0 spiro atoms. The van der Waals surface area contributed by atoms with Gasteiger partial charge >= 0.3 is 0 Å². The average Bonchev–Trinajstić information content (AvgIpc) is 2.55. The van der Waals surface area contributed by atoms with Crippen LogP contribution in [0.25, 0.3) is 10.8 Å². The molecular weight excluding hydrogens is 258 g/mol. The summed E-state index contributed by atoms with van der Waals surface area (Å²) in [4.78, 5) is 0. The molecule has 0 bridgehead atoms. The molecule has 3 rings (SSSR count).